The molecule has 0 bridgehead atoms. The monoisotopic (exact) mass is 364 g/mol. The Morgan fingerprint density at radius 3 is 2.77 bits per heavy atom. The predicted octanol–water partition coefficient (Wildman–Crippen LogP) is 3.08. The normalized spacial score (nSPS) is 18.3. The molecule has 1 N–H and O–H groups in total. The molecule has 0 spiro atoms. The van der Waals surface area contributed by atoms with E-state index in [1.54, 1.807) is 13.8 Å². The van der Waals surface area contributed by atoms with Crippen molar-refractivity contribution in [3.63, 3.8) is 0 Å². The third kappa shape index (κ3) is 2.63. The number of aryl methyl sites for hydroxylation is 1. The molecule has 1 atom stereocenters. The van der Waals surface area contributed by atoms with Crippen molar-refractivity contribution in [1.29, 1.82) is 0 Å². The smallest absolute Gasteiger partial charge is 0.298 e. The highest BCUT2D eigenvalue weighted by Crippen LogP contribution is 2.56. The molecule has 0 amide bonds. The number of ether oxygens (including phenoxy) is 1. The largest absolute Gasteiger partial charge is 0.465 e. The number of nitrogens with zero attached hydrogens (tertiary/aromatic N) is 3. The Morgan fingerprint density at radius 2 is 2.15 bits per heavy atom. The molecular formula is C17H15F3N4O2. The van der Waals surface area contributed by atoms with Crippen LogP contribution >= 0.6 is 0 Å². The number of nitrogens with one attached hydrogen (secondary N) is 1. The first-order valence-corrected chi connectivity index (χ1v) is 8.11. The van der Waals surface area contributed by atoms with Crippen LogP contribution < -0.4 is 10.3 Å². The third-order valence-corrected chi connectivity index (χ3v) is 4.38. The second kappa shape index (κ2) is 5.58. The van der Waals surface area contributed by atoms with Gasteiger partial charge in [-0.25, -0.2) is 17.9 Å². The Balaban J connectivity index is 1.80. The van der Waals surface area contributed by atoms with Gasteiger partial charge in [-0.15, -0.1) is 5.10 Å². The van der Waals surface area contributed by atoms with Crippen molar-refractivity contribution in [1.82, 2.24) is 19.7 Å². The maximum atomic E-state index is 14.6. The number of H-pyrrole nitrogens is 1. The van der Waals surface area contributed by atoms with Crippen LogP contribution in [0, 0.1) is 12.7 Å². The summed E-state index contributed by atoms with van der Waals surface area (Å²) in [5, 5.41) is 4.32. The molecule has 0 saturated heterocycles. The maximum Gasteiger partial charge on any atom is 0.298 e. The van der Waals surface area contributed by atoms with Gasteiger partial charge in [-0.3, -0.25) is 9.78 Å². The van der Waals surface area contributed by atoms with Crippen molar-refractivity contribution in [2.24, 2.45) is 0 Å². The number of hydrogen-bond acceptors (Lipinski definition) is 4. The molecule has 1 saturated carbocycles. The van der Waals surface area contributed by atoms with Gasteiger partial charge < -0.3 is 4.74 Å². The summed E-state index contributed by atoms with van der Waals surface area (Å²) in [6.45, 7) is 3.67. The van der Waals surface area contributed by atoms with E-state index >= 15 is 0 Å². The van der Waals surface area contributed by atoms with Gasteiger partial charge in [0.05, 0.1) is 12.5 Å². The predicted molar refractivity (Wildman–Crippen MR) is 87.7 cm³/mol. The zero-order chi connectivity index (χ0) is 18.6. The Morgan fingerprint density at radius 1 is 1.42 bits per heavy atom. The van der Waals surface area contributed by atoms with Crippen LogP contribution in [-0.4, -0.2) is 32.3 Å². The lowest BCUT2D eigenvalue weighted by Gasteiger charge is -2.10. The minimum Gasteiger partial charge on any atom is -0.465 e. The van der Waals surface area contributed by atoms with Crippen LogP contribution in [0.5, 0.6) is 6.01 Å². The van der Waals surface area contributed by atoms with Gasteiger partial charge in [0, 0.05) is 12.6 Å². The fourth-order valence-corrected chi connectivity index (χ4v) is 3.05. The number of fused-ring (bicyclic) bond motifs is 1. The molecule has 2 heterocycles. The standard InChI is InChI=1S/C17H15F3N4O2/c1-3-26-16-21-14-10(15(25)22-16)7-24(23-14)13-8(2)4-9(5-12(13)18)11-6-17(11,19)20/h4-5,7,11H,3,6H2,1-2H3,(H,21,22,23,25). The molecule has 3 aromatic rings. The van der Waals surface area contributed by atoms with Crippen LogP contribution in [0.15, 0.2) is 23.1 Å². The minimum absolute atomic E-state index is 0.0266. The van der Waals surface area contributed by atoms with E-state index in [0.717, 1.165) is 6.07 Å². The van der Waals surface area contributed by atoms with E-state index in [2.05, 4.69) is 15.1 Å². The number of benzene rings is 1. The van der Waals surface area contributed by atoms with E-state index in [1.807, 2.05) is 0 Å². The van der Waals surface area contributed by atoms with E-state index in [1.165, 1.54) is 16.9 Å². The molecule has 1 unspecified atom stereocenters. The zero-order valence-electron chi connectivity index (χ0n) is 14.0. The Kier molecular flexibility index (Phi) is 3.57. The van der Waals surface area contributed by atoms with E-state index in [9.17, 15) is 18.0 Å². The summed E-state index contributed by atoms with van der Waals surface area (Å²) in [6, 6.07) is 2.65. The summed E-state index contributed by atoms with van der Waals surface area (Å²) in [5.41, 5.74) is 0.441. The molecule has 2 aromatic heterocycles. The van der Waals surface area contributed by atoms with Gasteiger partial charge >= 0.3 is 0 Å². The molecule has 1 aliphatic rings. The number of rotatable bonds is 4. The molecule has 6 nitrogen and oxygen atoms in total. The summed E-state index contributed by atoms with van der Waals surface area (Å²) in [4.78, 5) is 18.6. The number of aromatic amines is 1. The molecule has 1 aliphatic carbocycles. The van der Waals surface area contributed by atoms with E-state index in [0.29, 0.717) is 12.2 Å². The molecule has 26 heavy (non-hydrogen) atoms. The lowest BCUT2D eigenvalue weighted by atomic mass is 10.1. The second-order valence-corrected chi connectivity index (χ2v) is 6.30. The van der Waals surface area contributed by atoms with Gasteiger partial charge in [-0.2, -0.15) is 4.98 Å². The molecule has 9 heteroatoms. The highest BCUT2D eigenvalue weighted by molar-refractivity contribution is 5.73. The lowest BCUT2D eigenvalue weighted by molar-refractivity contribution is 0.112. The summed E-state index contributed by atoms with van der Waals surface area (Å²) in [7, 11) is 0. The first-order valence-electron chi connectivity index (χ1n) is 8.11. The van der Waals surface area contributed by atoms with Crippen molar-refractivity contribution in [2.45, 2.75) is 32.1 Å². The quantitative estimate of drug-likeness (QED) is 0.772. The SMILES string of the molecule is CCOc1nc2nn(-c3c(C)cc(C4CC4(F)F)cc3F)cc2c(=O)[nH]1. The molecule has 1 fully saturated rings. The average Bonchev–Trinajstić information content (AvgIpc) is 2.99. The molecule has 0 radical (unpaired) electrons. The minimum atomic E-state index is -2.77. The maximum absolute atomic E-state index is 14.6. The Bertz CT molecular complexity index is 1050. The van der Waals surface area contributed by atoms with Crippen LogP contribution in [0.1, 0.15) is 30.4 Å². The van der Waals surface area contributed by atoms with Gasteiger partial charge in [0.25, 0.3) is 17.5 Å². The number of hydrogen-bond donors (Lipinski definition) is 1. The van der Waals surface area contributed by atoms with Crippen LogP contribution in [0.4, 0.5) is 13.2 Å². The second-order valence-electron chi connectivity index (χ2n) is 6.30. The number of halogens is 3. The zero-order valence-corrected chi connectivity index (χ0v) is 14.0. The van der Waals surface area contributed by atoms with Crippen LogP contribution in [0.25, 0.3) is 16.7 Å². The first kappa shape index (κ1) is 16.6. The highest BCUT2D eigenvalue weighted by Gasteiger charge is 2.57. The van der Waals surface area contributed by atoms with Crippen LogP contribution in [0.3, 0.4) is 0 Å². The Labute approximate surface area is 145 Å². The number of aromatic nitrogens is 4. The molecule has 136 valence electrons. The van der Waals surface area contributed by atoms with Crippen molar-refractivity contribution in [2.75, 3.05) is 6.61 Å². The average molecular weight is 364 g/mol. The molecule has 4 rings (SSSR count). The van der Waals surface area contributed by atoms with Gasteiger partial charge in [-0.1, -0.05) is 6.07 Å². The van der Waals surface area contributed by atoms with E-state index in [4.69, 9.17) is 4.74 Å². The van der Waals surface area contributed by atoms with Crippen molar-refractivity contribution >= 4 is 11.0 Å². The summed E-state index contributed by atoms with van der Waals surface area (Å²) in [6.07, 6.45) is 1.09. The highest BCUT2D eigenvalue weighted by atomic mass is 19.3. The van der Waals surface area contributed by atoms with Crippen LogP contribution in [0.2, 0.25) is 0 Å². The van der Waals surface area contributed by atoms with Gasteiger partial charge in [-0.05, 0) is 31.0 Å². The fraction of sp³-hybridized carbons (Fsp3) is 0.353. The topological polar surface area (TPSA) is 72.8 Å². The third-order valence-electron chi connectivity index (χ3n) is 4.38. The van der Waals surface area contributed by atoms with E-state index < -0.39 is 23.2 Å². The van der Waals surface area contributed by atoms with Crippen molar-refractivity contribution in [3.8, 4) is 11.7 Å². The summed E-state index contributed by atoms with van der Waals surface area (Å²) >= 11 is 0. The van der Waals surface area contributed by atoms with Gasteiger partial charge in [0.1, 0.15) is 16.9 Å². The summed E-state index contributed by atoms with van der Waals surface area (Å²) < 4.78 is 47.5. The molecule has 1 aromatic carbocycles. The fourth-order valence-electron chi connectivity index (χ4n) is 3.05. The molecular weight excluding hydrogens is 349 g/mol. The van der Waals surface area contributed by atoms with Crippen molar-refractivity contribution < 1.29 is 17.9 Å². The van der Waals surface area contributed by atoms with Crippen molar-refractivity contribution in [3.05, 3.63) is 45.6 Å². The Hall–Kier alpha value is -2.84. The van der Waals surface area contributed by atoms with E-state index in [-0.39, 0.29) is 34.7 Å². The first-order chi connectivity index (χ1) is 12.3. The van der Waals surface area contributed by atoms with Gasteiger partial charge in [0.2, 0.25) is 0 Å². The van der Waals surface area contributed by atoms with Crippen LogP contribution in [-0.2, 0) is 0 Å². The summed E-state index contributed by atoms with van der Waals surface area (Å²) in [5.74, 6) is -4.40. The number of alkyl halides is 2. The lowest BCUT2D eigenvalue weighted by Crippen LogP contribution is -2.09. The molecule has 0 aliphatic heterocycles. The van der Waals surface area contributed by atoms with Gasteiger partial charge in [0.15, 0.2) is 5.65 Å².